The summed E-state index contributed by atoms with van der Waals surface area (Å²) in [5.41, 5.74) is 0. The average molecular weight is 1140 g/mol. The van der Waals surface area contributed by atoms with E-state index in [1.165, 1.54) is 0 Å². The number of rotatable bonds is 20. The van der Waals surface area contributed by atoms with E-state index >= 15 is 0 Å². The van der Waals surface area contributed by atoms with Crippen LogP contribution in [0.5, 0.6) is 0 Å². The minimum Gasteiger partial charge on any atom is -1.00 e. The molecule has 0 saturated carbocycles. The van der Waals surface area contributed by atoms with Crippen LogP contribution in [0.25, 0.3) is 0 Å². The molecule has 0 bridgehead atoms. The molecule has 56 heavy (non-hydrogen) atoms. The molecule has 0 amide bonds. The predicted octanol–water partition coefficient (Wildman–Crippen LogP) is -7.56. The molecule has 30 heteroatoms. The van der Waals surface area contributed by atoms with Gasteiger partial charge in [-0.05, 0) is 111 Å². The Morgan fingerprint density at radius 3 is 0.411 bits per heavy atom. The van der Waals surface area contributed by atoms with Gasteiger partial charge in [-0.1, -0.05) is 0 Å². The maximum atomic E-state index is 12.8. The van der Waals surface area contributed by atoms with Crippen molar-refractivity contribution in [3.05, 3.63) is 0 Å². The summed E-state index contributed by atoms with van der Waals surface area (Å²) in [6, 6.07) is 0. The molecule has 22 nitrogen and oxygen atoms in total. The van der Waals surface area contributed by atoms with Crippen molar-refractivity contribution in [3.8, 4) is 0 Å². The van der Waals surface area contributed by atoms with E-state index in [2.05, 4.69) is 0 Å². The Labute approximate surface area is 385 Å². The van der Waals surface area contributed by atoms with E-state index in [9.17, 15) is 18.3 Å². The molecule has 365 valence electrons. The van der Waals surface area contributed by atoms with Gasteiger partial charge in [0.1, 0.15) is 0 Å². The Kier molecular flexibility index (Phi) is 95.6. The normalized spacial score (nSPS) is 10.4. The van der Waals surface area contributed by atoms with E-state index in [1.807, 2.05) is 0 Å². The molecule has 0 rings (SSSR count). The summed E-state index contributed by atoms with van der Waals surface area (Å²) in [6.45, 7) is 27.9. The minimum absolute atomic E-state index is 0. The van der Waals surface area contributed by atoms with Crippen LogP contribution in [-0.2, 0) is 76.4 Å². The Morgan fingerprint density at radius 2 is 0.357 bits per heavy atom. The van der Waals surface area contributed by atoms with Crippen molar-refractivity contribution >= 4 is 30.4 Å². The summed E-state index contributed by atoms with van der Waals surface area (Å²) >= 11 is 0. The topological polar surface area (TPSA) is 463 Å². The van der Waals surface area contributed by atoms with E-state index in [0.717, 1.165) is 0 Å². The van der Waals surface area contributed by atoms with Gasteiger partial charge in [0, 0.05) is 0 Å². The molecular weight excluding hydrogens is 1050 g/mol. The van der Waals surface area contributed by atoms with Gasteiger partial charge in [0.25, 0.3) is 0 Å². The van der Waals surface area contributed by atoms with Gasteiger partial charge in [-0.3, -0.25) is 18.3 Å². The quantitative estimate of drug-likeness (QED) is 0.0811. The summed E-state index contributed by atoms with van der Waals surface area (Å²) in [5.74, 6) is -0.764. The second-order valence-corrected chi connectivity index (χ2v) is 20.8. The Balaban J connectivity index is -0.0000000327. The molecule has 1 radical (unpaired) electrons. The first-order valence-corrected chi connectivity index (χ1v) is 21.5. The predicted molar refractivity (Wildman–Crippen MR) is 211 cm³/mol. The second kappa shape index (κ2) is 50.0. The second-order valence-electron chi connectivity index (χ2n) is 12.0. The summed E-state index contributed by atoms with van der Waals surface area (Å²) < 4.78 is 94.6. The van der Waals surface area contributed by atoms with E-state index in [1.54, 1.807) is 111 Å². The van der Waals surface area contributed by atoms with Crippen molar-refractivity contribution < 1.29 is 186 Å². The van der Waals surface area contributed by atoms with E-state index in [0.29, 0.717) is 0 Å². The van der Waals surface area contributed by atoms with Crippen LogP contribution in [0.4, 0.5) is 0 Å². The van der Waals surface area contributed by atoms with Crippen molar-refractivity contribution in [1.29, 1.82) is 0 Å². The fraction of sp³-hybridized carbons (Fsp3) is 1.00. The molecule has 24 N–H and O–H groups in total. The van der Waals surface area contributed by atoms with Crippen LogP contribution in [0.15, 0.2) is 0 Å². The SMILES string of the molecule is CC(C)OP(=O)(CP(=O)(OC(C)C)OC(C)C)OC(C)C.CC(C)OP(=O)(CP(=O)(OC(C)C)OC(C)C)OC(C)C.O.O.O.O.O.O.[Cl-].[Cl-].[Cl-].[Gd+3].[OH3+].[OH3+].[OH3+].[OH3+]. The van der Waals surface area contributed by atoms with Crippen molar-refractivity contribution in [2.45, 2.75) is 160 Å². The van der Waals surface area contributed by atoms with Crippen LogP contribution in [0.3, 0.4) is 0 Å². The van der Waals surface area contributed by atoms with Gasteiger partial charge in [-0.2, -0.15) is 0 Å². The molecule has 0 aromatic rings. The van der Waals surface area contributed by atoms with Crippen molar-refractivity contribution in [1.82, 2.24) is 0 Å². The van der Waals surface area contributed by atoms with Gasteiger partial charge in [-0.25, -0.2) is 0 Å². The summed E-state index contributed by atoms with van der Waals surface area (Å²) in [7, 11) is -14.3. The molecule has 0 heterocycles. The molecular formula is C26H84Cl3GdO22P4+4. The van der Waals surface area contributed by atoms with Gasteiger partial charge in [0.05, 0.1) is 48.8 Å². The fourth-order valence-electron chi connectivity index (χ4n) is 3.36. The minimum atomic E-state index is -3.58. The van der Waals surface area contributed by atoms with Gasteiger partial charge < -0.3 is 128 Å². The number of hydrogen-bond donors (Lipinski definition) is 0. The van der Waals surface area contributed by atoms with E-state index < -0.39 is 30.4 Å². The first-order valence-electron chi connectivity index (χ1n) is 14.6. The smallest absolute Gasteiger partial charge is 1.00 e. The Morgan fingerprint density at radius 1 is 0.286 bits per heavy atom. The number of hydrogen-bond acceptors (Lipinski definition) is 12. The number of halogens is 3. The summed E-state index contributed by atoms with van der Waals surface area (Å²) in [6.07, 6.45) is -2.55. The van der Waals surface area contributed by atoms with Crippen molar-refractivity contribution in [2.24, 2.45) is 0 Å². The standard InChI is InChI=1S/2C13H30O6P2.3ClH.Gd.10H2O/c2*1-10(2)16-20(14,17-11(3)4)9-21(15,18-12(5)6)19-13(7)8;;;;;;;;;;;;;;/h2*10-13H,9H2,1-8H3;3*1H;;10*1H2/q;;;;;+3;;;;;;;;;;/p+1. The first-order chi connectivity index (χ1) is 18.7. The van der Waals surface area contributed by atoms with Gasteiger partial charge in [0.2, 0.25) is 0 Å². The molecule has 0 spiro atoms. The third kappa shape index (κ3) is 58.5. The molecule has 0 aromatic carbocycles. The third-order valence-corrected chi connectivity index (χ3v) is 15.1. The maximum Gasteiger partial charge on any atom is 3.00 e. The molecule has 0 aliphatic heterocycles. The largest absolute Gasteiger partial charge is 3.00 e. The van der Waals surface area contributed by atoms with Crippen LogP contribution in [0.2, 0.25) is 0 Å². The monoisotopic (exact) mass is 1140 g/mol. The molecule has 0 fully saturated rings. The molecule has 0 unspecified atom stereocenters. The molecule has 0 aliphatic rings. The zero-order chi connectivity index (χ0) is 33.7. The molecule has 0 atom stereocenters. The Bertz CT molecular complexity index is 769. The molecule has 0 saturated heterocycles. The van der Waals surface area contributed by atoms with E-state index in [4.69, 9.17) is 36.2 Å². The van der Waals surface area contributed by atoms with Crippen molar-refractivity contribution in [2.75, 3.05) is 11.8 Å². The van der Waals surface area contributed by atoms with Gasteiger partial charge >= 0.3 is 70.3 Å². The van der Waals surface area contributed by atoms with Gasteiger partial charge in [-0.15, -0.1) is 0 Å². The molecule has 0 aromatic heterocycles. The summed E-state index contributed by atoms with van der Waals surface area (Å²) in [4.78, 5) is 0. The third-order valence-electron chi connectivity index (χ3n) is 3.66. The maximum absolute atomic E-state index is 12.8. The van der Waals surface area contributed by atoms with Gasteiger partial charge in [0.15, 0.2) is 11.8 Å². The van der Waals surface area contributed by atoms with Crippen LogP contribution >= 0.6 is 30.4 Å². The fourth-order valence-corrected chi connectivity index (χ4v) is 14.2. The van der Waals surface area contributed by atoms with Crippen LogP contribution in [0, 0.1) is 39.9 Å². The van der Waals surface area contributed by atoms with Crippen LogP contribution in [0.1, 0.15) is 111 Å². The van der Waals surface area contributed by atoms with Crippen LogP contribution < -0.4 is 37.2 Å². The van der Waals surface area contributed by atoms with E-state index in [-0.39, 0.29) is 193 Å². The summed E-state index contributed by atoms with van der Waals surface area (Å²) in [5, 5.41) is 0. The van der Waals surface area contributed by atoms with Crippen LogP contribution in [-0.4, -0.2) is 93.5 Å². The average Bonchev–Trinajstić information content (AvgIpc) is 2.60. The van der Waals surface area contributed by atoms with Crippen molar-refractivity contribution in [3.63, 3.8) is 0 Å². The zero-order valence-corrected chi connectivity index (χ0v) is 43.6. The Hall–Kier alpha value is 2.39. The zero-order valence-electron chi connectivity index (χ0n) is 35.5. The first kappa shape index (κ1) is 107. The molecule has 0 aliphatic carbocycles.